The fraction of sp³-hybridized carbons (Fsp3) is 0.238. The third-order valence-electron chi connectivity index (χ3n) is 4.84. The summed E-state index contributed by atoms with van der Waals surface area (Å²) in [6.07, 6.45) is 5.56. The summed E-state index contributed by atoms with van der Waals surface area (Å²) < 4.78 is 1.13. The van der Waals surface area contributed by atoms with Crippen molar-refractivity contribution in [2.45, 2.75) is 26.7 Å². The van der Waals surface area contributed by atoms with Gasteiger partial charge in [0.2, 0.25) is 0 Å². The summed E-state index contributed by atoms with van der Waals surface area (Å²) in [5.41, 5.74) is 4.89. The van der Waals surface area contributed by atoms with E-state index in [1.165, 1.54) is 11.1 Å². The molecule has 2 heterocycles. The van der Waals surface area contributed by atoms with E-state index in [2.05, 4.69) is 92.0 Å². The zero-order valence-electron chi connectivity index (χ0n) is 15.0. The second-order valence-corrected chi connectivity index (χ2v) is 7.20. The molecule has 5 heteroatoms. The highest BCUT2D eigenvalue weighted by Crippen LogP contribution is 2.41. The molecule has 0 fully saturated rings. The van der Waals surface area contributed by atoms with Crippen LogP contribution < -0.4 is 9.80 Å². The van der Waals surface area contributed by atoms with Crippen molar-refractivity contribution in [2.75, 3.05) is 16.5 Å². The molecule has 0 saturated carbocycles. The van der Waals surface area contributed by atoms with Gasteiger partial charge in [0.25, 0.3) is 0 Å². The van der Waals surface area contributed by atoms with Crippen molar-refractivity contribution in [2.24, 2.45) is 0 Å². The van der Waals surface area contributed by atoms with Gasteiger partial charge in [0.1, 0.15) is 6.67 Å². The van der Waals surface area contributed by atoms with Crippen LogP contribution in [-0.2, 0) is 12.8 Å². The number of hydrogen-bond donors (Lipinski definition) is 0. The lowest BCUT2D eigenvalue weighted by Gasteiger charge is -2.21. The molecule has 132 valence electrons. The lowest BCUT2D eigenvalue weighted by Crippen LogP contribution is -2.24. The van der Waals surface area contributed by atoms with Crippen molar-refractivity contribution in [1.82, 2.24) is 9.97 Å². The van der Waals surface area contributed by atoms with E-state index in [1.807, 2.05) is 0 Å². The first kappa shape index (κ1) is 17.0. The molecule has 4 rings (SSSR count). The van der Waals surface area contributed by atoms with Gasteiger partial charge in [-0.15, -0.1) is 0 Å². The zero-order chi connectivity index (χ0) is 18.1. The van der Waals surface area contributed by atoms with Gasteiger partial charge in [0.15, 0.2) is 11.6 Å². The zero-order valence-corrected chi connectivity index (χ0v) is 16.6. The maximum Gasteiger partial charge on any atom is 0.178 e. The van der Waals surface area contributed by atoms with Crippen LogP contribution in [-0.4, -0.2) is 16.6 Å². The normalized spacial score (nSPS) is 13.2. The third-order valence-corrected chi connectivity index (χ3v) is 5.58. The summed E-state index contributed by atoms with van der Waals surface area (Å²) in [6.45, 7) is 5.03. The second-order valence-electron chi connectivity index (χ2n) is 6.35. The van der Waals surface area contributed by atoms with Gasteiger partial charge in [-0.1, -0.05) is 48.0 Å². The minimum Gasteiger partial charge on any atom is -0.305 e. The number of aryl methyl sites for hydroxylation is 2. The van der Waals surface area contributed by atoms with E-state index in [4.69, 9.17) is 0 Å². The van der Waals surface area contributed by atoms with E-state index in [0.717, 1.165) is 40.3 Å². The van der Waals surface area contributed by atoms with Crippen LogP contribution >= 0.6 is 15.9 Å². The Morgan fingerprint density at radius 3 is 2.04 bits per heavy atom. The van der Waals surface area contributed by atoms with Gasteiger partial charge in [-0.3, -0.25) is 0 Å². The van der Waals surface area contributed by atoms with Crippen LogP contribution in [0.1, 0.15) is 25.0 Å². The van der Waals surface area contributed by atoms with E-state index in [1.54, 1.807) is 12.4 Å². The first-order valence-corrected chi connectivity index (χ1v) is 9.74. The number of anilines is 4. The molecular weight excluding hydrogens is 388 g/mol. The highest BCUT2D eigenvalue weighted by atomic mass is 79.9. The Balaban J connectivity index is 1.73. The monoisotopic (exact) mass is 408 g/mol. The molecule has 0 amide bonds. The molecule has 0 bridgehead atoms. The molecule has 0 spiro atoms. The summed E-state index contributed by atoms with van der Waals surface area (Å²) in [5, 5.41) is 0. The Kier molecular flexibility index (Phi) is 4.64. The van der Waals surface area contributed by atoms with Crippen LogP contribution in [0.3, 0.4) is 0 Å². The predicted octanol–water partition coefficient (Wildman–Crippen LogP) is 5.61. The van der Waals surface area contributed by atoms with Crippen LogP contribution in [0.2, 0.25) is 0 Å². The molecule has 0 atom stereocenters. The average molecular weight is 409 g/mol. The lowest BCUT2D eigenvalue weighted by atomic mass is 10.1. The standard InChI is InChI=1S/C21H21BrN4/c1-3-15-5-8-17(9-6-15)25-14-26(21-20(25)23-11-12-24-21)18-10-7-16(4-2)19(22)13-18/h5-13H,3-4,14H2,1-2H3. The summed E-state index contributed by atoms with van der Waals surface area (Å²) in [6, 6.07) is 15.2. The van der Waals surface area contributed by atoms with Crippen molar-refractivity contribution in [3.8, 4) is 0 Å². The van der Waals surface area contributed by atoms with Crippen LogP contribution in [0.25, 0.3) is 0 Å². The molecule has 3 aromatic rings. The minimum absolute atomic E-state index is 0.697. The van der Waals surface area contributed by atoms with E-state index < -0.39 is 0 Å². The SMILES string of the molecule is CCc1ccc(N2CN(c3ccc(CC)c(Br)c3)c3nccnc32)cc1. The molecule has 0 unspecified atom stereocenters. The average Bonchev–Trinajstić information content (AvgIpc) is 3.08. The molecule has 2 aromatic carbocycles. The maximum atomic E-state index is 4.61. The van der Waals surface area contributed by atoms with E-state index in [0.29, 0.717) is 6.67 Å². The summed E-state index contributed by atoms with van der Waals surface area (Å²) >= 11 is 3.69. The quantitative estimate of drug-likeness (QED) is 0.561. The molecule has 0 radical (unpaired) electrons. The van der Waals surface area contributed by atoms with Crippen molar-refractivity contribution in [3.05, 3.63) is 70.5 Å². The lowest BCUT2D eigenvalue weighted by molar-refractivity contribution is 0.972. The Labute approximate surface area is 162 Å². The highest BCUT2D eigenvalue weighted by Gasteiger charge is 2.30. The maximum absolute atomic E-state index is 4.61. The molecule has 1 aliphatic rings. The number of rotatable bonds is 4. The van der Waals surface area contributed by atoms with Crippen LogP contribution in [0.5, 0.6) is 0 Å². The number of aromatic nitrogens is 2. The van der Waals surface area contributed by atoms with Crippen molar-refractivity contribution in [3.63, 3.8) is 0 Å². The summed E-state index contributed by atoms with van der Waals surface area (Å²) in [4.78, 5) is 13.6. The Bertz CT molecular complexity index is 924. The second kappa shape index (κ2) is 7.08. The van der Waals surface area contributed by atoms with Crippen LogP contribution in [0.15, 0.2) is 59.3 Å². The van der Waals surface area contributed by atoms with Gasteiger partial charge >= 0.3 is 0 Å². The van der Waals surface area contributed by atoms with Crippen molar-refractivity contribution >= 4 is 38.9 Å². The summed E-state index contributed by atoms with van der Waals surface area (Å²) in [5.74, 6) is 1.79. The molecule has 0 saturated heterocycles. The molecule has 26 heavy (non-hydrogen) atoms. The third kappa shape index (κ3) is 2.97. The largest absolute Gasteiger partial charge is 0.305 e. The fourth-order valence-electron chi connectivity index (χ4n) is 3.29. The number of hydrogen-bond acceptors (Lipinski definition) is 4. The van der Waals surface area contributed by atoms with Gasteiger partial charge in [0, 0.05) is 28.2 Å². The molecular formula is C21H21BrN4. The first-order valence-electron chi connectivity index (χ1n) is 8.94. The Morgan fingerprint density at radius 1 is 0.846 bits per heavy atom. The topological polar surface area (TPSA) is 32.3 Å². The highest BCUT2D eigenvalue weighted by molar-refractivity contribution is 9.10. The molecule has 4 nitrogen and oxygen atoms in total. The Hall–Kier alpha value is -2.40. The van der Waals surface area contributed by atoms with Gasteiger partial charge in [-0.05, 0) is 48.2 Å². The Morgan fingerprint density at radius 2 is 1.46 bits per heavy atom. The smallest absolute Gasteiger partial charge is 0.178 e. The fourth-order valence-corrected chi connectivity index (χ4v) is 3.94. The van der Waals surface area contributed by atoms with Gasteiger partial charge in [-0.25, -0.2) is 9.97 Å². The predicted molar refractivity (Wildman–Crippen MR) is 111 cm³/mol. The first-order chi connectivity index (χ1) is 12.7. The van der Waals surface area contributed by atoms with Crippen molar-refractivity contribution < 1.29 is 0 Å². The molecule has 0 N–H and O–H groups in total. The van der Waals surface area contributed by atoms with Gasteiger partial charge < -0.3 is 9.80 Å². The summed E-state index contributed by atoms with van der Waals surface area (Å²) in [7, 11) is 0. The number of halogens is 1. The molecule has 1 aliphatic heterocycles. The van der Waals surface area contributed by atoms with E-state index in [9.17, 15) is 0 Å². The minimum atomic E-state index is 0.697. The molecule has 1 aromatic heterocycles. The molecule has 0 aliphatic carbocycles. The van der Waals surface area contributed by atoms with Gasteiger partial charge in [0.05, 0.1) is 0 Å². The van der Waals surface area contributed by atoms with E-state index >= 15 is 0 Å². The number of fused-ring (bicyclic) bond motifs is 1. The van der Waals surface area contributed by atoms with Crippen molar-refractivity contribution in [1.29, 1.82) is 0 Å². The van der Waals surface area contributed by atoms with Gasteiger partial charge in [-0.2, -0.15) is 0 Å². The van der Waals surface area contributed by atoms with E-state index in [-0.39, 0.29) is 0 Å². The number of benzene rings is 2. The van der Waals surface area contributed by atoms with Crippen LogP contribution in [0.4, 0.5) is 23.0 Å². The van der Waals surface area contributed by atoms with Crippen LogP contribution in [0, 0.1) is 0 Å². The number of nitrogens with zero attached hydrogens (tertiary/aromatic N) is 4.